The summed E-state index contributed by atoms with van der Waals surface area (Å²) >= 11 is 1.69. The number of nitrogens with two attached hydrogens (primary N) is 1. The maximum atomic E-state index is 6.00. The minimum atomic E-state index is 0. The third-order valence-electron chi connectivity index (χ3n) is 5.51. The highest BCUT2D eigenvalue weighted by molar-refractivity contribution is 14.0. The molecule has 0 bridgehead atoms. The zero-order valence-electron chi connectivity index (χ0n) is 17.5. The summed E-state index contributed by atoms with van der Waals surface area (Å²) in [6, 6.07) is 0.578. The Morgan fingerprint density at radius 3 is 2.72 bits per heavy atom. The molecular weight excluding hydrogens is 501 g/mol. The molecule has 1 saturated heterocycles. The smallest absolute Gasteiger partial charge is 0.191 e. The van der Waals surface area contributed by atoms with Gasteiger partial charge >= 0.3 is 0 Å². The number of guanidine groups is 1. The van der Waals surface area contributed by atoms with Crippen LogP contribution in [0.5, 0.6) is 0 Å². The van der Waals surface area contributed by atoms with Crippen molar-refractivity contribution in [3.63, 3.8) is 0 Å². The monoisotopic (exact) mass is 537 g/mol. The first-order valence-electron chi connectivity index (χ1n) is 10.6. The first kappa shape index (κ1) is 24.7. The van der Waals surface area contributed by atoms with Crippen LogP contribution in [0.15, 0.2) is 10.1 Å². The summed E-state index contributed by atoms with van der Waals surface area (Å²) in [7, 11) is 0. The predicted octanol–water partition coefficient (Wildman–Crippen LogP) is 2.29. The van der Waals surface area contributed by atoms with Crippen LogP contribution in [0.2, 0.25) is 0 Å². The van der Waals surface area contributed by atoms with E-state index in [1.807, 2.05) is 0 Å². The molecular formula is C19H36IN7OS. The fourth-order valence-corrected chi connectivity index (χ4v) is 4.56. The number of nitrogens with one attached hydrogen (secondary N) is 1. The number of thioether (sulfide) groups is 1. The zero-order valence-corrected chi connectivity index (χ0v) is 20.7. The summed E-state index contributed by atoms with van der Waals surface area (Å²) in [5.41, 5.74) is 6.00. The Labute approximate surface area is 195 Å². The van der Waals surface area contributed by atoms with Crippen LogP contribution in [0.3, 0.4) is 0 Å². The Morgan fingerprint density at radius 2 is 2.00 bits per heavy atom. The van der Waals surface area contributed by atoms with Crippen molar-refractivity contribution in [2.45, 2.75) is 56.1 Å². The molecule has 0 aromatic carbocycles. The molecule has 0 radical (unpaired) electrons. The minimum Gasteiger partial charge on any atom is -0.379 e. The number of aromatic nitrogens is 3. The summed E-state index contributed by atoms with van der Waals surface area (Å²) in [6.45, 7) is 6.43. The second-order valence-electron chi connectivity index (χ2n) is 7.52. The molecule has 2 heterocycles. The molecule has 10 heteroatoms. The lowest BCUT2D eigenvalue weighted by Gasteiger charge is -2.26. The quantitative estimate of drug-likeness (QED) is 0.156. The van der Waals surface area contributed by atoms with Crippen LogP contribution in [-0.2, 0) is 11.2 Å². The fraction of sp³-hybridized carbons (Fsp3) is 0.842. The second kappa shape index (κ2) is 13.7. The van der Waals surface area contributed by atoms with Crippen LogP contribution < -0.4 is 11.1 Å². The van der Waals surface area contributed by atoms with Crippen molar-refractivity contribution in [3.05, 3.63) is 5.82 Å². The second-order valence-corrected chi connectivity index (χ2v) is 8.29. The van der Waals surface area contributed by atoms with Crippen LogP contribution in [-0.4, -0.2) is 77.8 Å². The van der Waals surface area contributed by atoms with Gasteiger partial charge in [0, 0.05) is 38.6 Å². The van der Waals surface area contributed by atoms with E-state index in [1.54, 1.807) is 11.8 Å². The van der Waals surface area contributed by atoms with Gasteiger partial charge < -0.3 is 20.4 Å². The van der Waals surface area contributed by atoms with Gasteiger partial charge in [0.15, 0.2) is 11.1 Å². The van der Waals surface area contributed by atoms with E-state index in [-0.39, 0.29) is 24.0 Å². The molecule has 0 unspecified atom stereocenters. The molecule has 8 nitrogen and oxygen atoms in total. The Bertz CT molecular complexity index is 616. The van der Waals surface area contributed by atoms with Crippen molar-refractivity contribution >= 4 is 41.7 Å². The maximum Gasteiger partial charge on any atom is 0.191 e. The minimum absolute atomic E-state index is 0. The van der Waals surface area contributed by atoms with Crippen LogP contribution in [0, 0.1) is 0 Å². The average molecular weight is 538 g/mol. The lowest BCUT2D eigenvalue weighted by atomic mass is 10.2. The number of hydrogen-bond acceptors (Lipinski definition) is 6. The fourth-order valence-electron chi connectivity index (χ4n) is 3.98. The van der Waals surface area contributed by atoms with E-state index in [2.05, 4.69) is 36.2 Å². The largest absolute Gasteiger partial charge is 0.379 e. The van der Waals surface area contributed by atoms with Crippen molar-refractivity contribution in [3.8, 4) is 0 Å². The number of nitrogens with zero attached hydrogens (tertiary/aromatic N) is 5. The zero-order chi connectivity index (χ0) is 19.6. The molecule has 1 aromatic heterocycles. The Hall–Kier alpha value is -0.590. The van der Waals surface area contributed by atoms with Gasteiger partial charge in [-0.15, -0.1) is 34.2 Å². The number of halogens is 1. The van der Waals surface area contributed by atoms with Gasteiger partial charge in [-0.05, 0) is 38.5 Å². The highest BCUT2D eigenvalue weighted by Crippen LogP contribution is 2.33. The van der Waals surface area contributed by atoms with Gasteiger partial charge in [0.05, 0.1) is 13.2 Å². The van der Waals surface area contributed by atoms with E-state index in [4.69, 9.17) is 10.5 Å². The molecule has 1 aliphatic carbocycles. The summed E-state index contributed by atoms with van der Waals surface area (Å²) < 4.78 is 7.74. The van der Waals surface area contributed by atoms with Gasteiger partial charge in [-0.25, -0.2) is 0 Å². The van der Waals surface area contributed by atoms with E-state index >= 15 is 0 Å². The van der Waals surface area contributed by atoms with E-state index in [0.717, 1.165) is 69.6 Å². The molecule has 1 aromatic rings. The van der Waals surface area contributed by atoms with Crippen molar-refractivity contribution in [2.75, 3.05) is 52.2 Å². The van der Waals surface area contributed by atoms with Crippen molar-refractivity contribution in [1.82, 2.24) is 25.0 Å². The Morgan fingerprint density at radius 1 is 1.24 bits per heavy atom. The standard InChI is InChI=1S/C19H35N7OS.HI/c1-28-19-24-23-17(26(19)16-6-2-3-7-16)8-4-9-21-18(20)22-10-5-11-25-12-14-27-15-13-25;/h16H,2-15H2,1H3,(H3,20,21,22);1H. The molecule has 3 rings (SSSR count). The summed E-state index contributed by atoms with van der Waals surface area (Å²) in [5.74, 6) is 1.65. The number of ether oxygens (including phenoxy) is 1. The Kier molecular flexibility index (Phi) is 11.6. The molecule has 0 amide bonds. The summed E-state index contributed by atoms with van der Waals surface area (Å²) in [4.78, 5) is 6.90. The molecule has 0 atom stereocenters. The van der Waals surface area contributed by atoms with E-state index < -0.39 is 0 Å². The summed E-state index contributed by atoms with van der Waals surface area (Å²) in [6.07, 6.45) is 10.1. The summed E-state index contributed by atoms with van der Waals surface area (Å²) in [5, 5.41) is 13.1. The molecule has 3 N–H and O–H groups in total. The number of aryl methyl sites for hydroxylation is 1. The van der Waals surface area contributed by atoms with Crippen molar-refractivity contribution < 1.29 is 4.74 Å². The van der Waals surface area contributed by atoms with E-state index in [9.17, 15) is 0 Å². The number of aliphatic imine (C=N–C) groups is 1. The van der Waals surface area contributed by atoms with Crippen molar-refractivity contribution in [2.24, 2.45) is 10.7 Å². The normalized spacial score (nSPS) is 18.7. The van der Waals surface area contributed by atoms with Crippen LogP contribution in [0.25, 0.3) is 0 Å². The molecule has 2 aliphatic rings. The van der Waals surface area contributed by atoms with Crippen LogP contribution in [0.1, 0.15) is 50.4 Å². The maximum absolute atomic E-state index is 6.00. The van der Waals surface area contributed by atoms with Crippen molar-refractivity contribution in [1.29, 1.82) is 0 Å². The SMILES string of the molecule is CSc1nnc(CCCN=C(N)NCCCN2CCOCC2)n1C1CCCC1.I. The van der Waals surface area contributed by atoms with Gasteiger partial charge in [-0.3, -0.25) is 9.89 Å². The highest BCUT2D eigenvalue weighted by Gasteiger charge is 2.23. The molecule has 166 valence electrons. The third kappa shape index (κ3) is 7.87. The molecule has 1 aliphatic heterocycles. The number of hydrogen-bond donors (Lipinski definition) is 2. The highest BCUT2D eigenvalue weighted by atomic mass is 127. The molecule has 1 saturated carbocycles. The average Bonchev–Trinajstić information content (AvgIpc) is 3.38. The van der Waals surface area contributed by atoms with Gasteiger partial charge in [0.1, 0.15) is 5.82 Å². The lowest BCUT2D eigenvalue weighted by Crippen LogP contribution is -2.39. The predicted molar refractivity (Wildman–Crippen MR) is 129 cm³/mol. The van der Waals surface area contributed by atoms with E-state index in [1.165, 1.54) is 25.7 Å². The first-order chi connectivity index (χ1) is 13.8. The topological polar surface area (TPSA) is 93.6 Å². The van der Waals surface area contributed by atoms with Gasteiger partial charge in [0.25, 0.3) is 0 Å². The molecule has 29 heavy (non-hydrogen) atoms. The van der Waals surface area contributed by atoms with Crippen LogP contribution >= 0.6 is 35.7 Å². The molecule has 2 fully saturated rings. The Balaban J connectivity index is 0.00000300. The van der Waals surface area contributed by atoms with Gasteiger partial charge in [-0.2, -0.15) is 0 Å². The first-order valence-corrected chi connectivity index (χ1v) is 11.8. The number of morpholine rings is 1. The lowest BCUT2D eigenvalue weighted by molar-refractivity contribution is 0.0376. The van der Waals surface area contributed by atoms with Crippen LogP contribution in [0.4, 0.5) is 0 Å². The van der Waals surface area contributed by atoms with Gasteiger partial charge in [-0.1, -0.05) is 24.6 Å². The third-order valence-corrected chi connectivity index (χ3v) is 6.15. The van der Waals surface area contributed by atoms with Gasteiger partial charge in [0.2, 0.25) is 0 Å². The number of rotatable bonds is 10. The van der Waals surface area contributed by atoms with E-state index in [0.29, 0.717) is 18.5 Å². The molecule has 0 spiro atoms.